The summed E-state index contributed by atoms with van der Waals surface area (Å²) in [6.45, 7) is 1.68. The van der Waals surface area contributed by atoms with Crippen LogP contribution < -0.4 is 5.32 Å². The van der Waals surface area contributed by atoms with Crippen molar-refractivity contribution in [1.29, 1.82) is 0 Å². The van der Waals surface area contributed by atoms with Crippen LogP contribution in [0.2, 0.25) is 0 Å². The molecule has 2 aromatic carbocycles. The Balaban J connectivity index is 1.61. The van der Waals surface area contributed by atoms with E-state index in [-0.39, 0.29) is 5.91 Å². The number of fused-ring (bicyclic) bond motifs is 1. The van der Waals surface area contributed by atoms with Gasteiger partial charge in [0.1, 0.15) is 0 Å². The Bertz CT molecular complexity index is 652. The van der Waals surface area contributed by atoms with Gasteiger partial charge in [-0.1, -0.05) is 36.4 Å². The SMILES string of the molecule is CN(Cc1ccc2ccccc2c1)C(=O)CC1CSCCN1. The quantitative estimate of drug-likeness (QED) is 0.942. The summed E-state index contributed by atoms with van der Waals surface area (Å²) in [6.07, 6.45) is 0.594. The molecule has 0 radical (unpaired) electrons. The van der Waals surface area contributed by atoms with Gasteiger partial charge in [0.2, 0.25) is 5.91 Å². The molecule has 1 atom stereocenters. The van der Waals surface area contributed by atoms with Gasteiger partial charge >= 0.3 is 0 Å². The van der Waals surface area contributed by atoms with Crippen molar-refractivity contribution in [1.82, 2.24) is 10.2 Å². The molecule has 116 valence electrons. The normalized spacial score (nSPS) is 18.3. The highest BCUT2D eigenvalue weighted by Gasteiger charge is 2.19. The molecule has 0 aliphatic carbocycles. The molecule has 1 N–H and O–H groups in total. The van der Waals surface area contributed by atoms with E-state index in [2.05, 4.69) is 35.6 Å². The fourth-order valence-corrected chi connectivity index (χ4v) is 3.77. The van der Waals surface area contributed by atoms with E-state index in [4.69, 9.17) is 0 Å². The first kappa shape index (κ1) is 15.4. The van der Waals surface area contributed by atoms with E-state index in [1.165, 1.54) is 16.3 Å². The summed E-state index contributed by atoms with van der Waals surface area (Å²) < 4.78 is 0. The van der Waals surface area contributed by atoms with Gasteiger partial charge in [-0.15, -0.1) is 0 Å². The highest BCUT2D eigenvalue weighted by atomic mass is 32.2. The van der Waals surface area contributed by atoms with E-state index < -0.39 is 0 Å². The van der Waals surface area contributed by atoms with Crippen LogP contribution >= 0.6 is 11.8 Å². The van der Waals surface area contributed by atoms with Gasteiger partial charge in [-0.05, 0) is 22.4 Å². The second kappa shape index (κ2) is 7.16. The van der Waals surface area contributed by atoms with Crippen LogP contribution in [-0.2, 0) is 11.3 Å². The number of nitrogens with zero attached hydrogens (tertiary/aromatic N) is 1. The molecule has 0 saturated carbocycles. The van der Waals surface area contributed by atoms with E-state index in [9.17, 15) is 4.79 Å². The number of carbonyl (C=O) groups is 1. The molecule has 1 heterocycles. The predicted octanol–water partition coefficient (Wildman–Crippen LogP) is 2.89. The monoisotopic (exact) mass is 314 g/mol. The summed E-state index contributed by atoms with van der Waals surface area (Å²) in [7, 11) is 1.90. The summed E-state index contributed by atoms with van der Waals surface area (Å²) in [4.78, 5) is 14.2. The molecular weight excluding hydrogens is 292 g/mol. The summed E-state index contributed by atoms with van der Waals surface area (Å²) in [5, 5.41) is 5.89. The van der Waals surface area contributed by atoms with Crippen molar-refractivity contribution >= 4 is 28.4 Å². The number of thioether (sulfide) groups is 1. The van der Waals surface area contributed by atoms with Crippen molar-refractivity contribution in [2.75, 3.05) is 25.1 Å². The fraction of sp³-hybridized carbons (Fsp3) is 0.389. The van der Waals surface area contributed by atoms with Gasteiger partial charge in [0.25, 0.3) is 0 Å². The summed E-state index contributed by atoms with van der Waals surface area (Å²) in [6, 6.07) is 15.1. The number of carbonyl (C=O) groups excluding carboxylic acids is 1. The van der Waals surface area contributed by atoms with Crippen molar-refractivity contribution in [2.24, 2.45) is 0 Å². The molecule has 1 fully saturated rings. The fourth-order valence-electron chi connectivity index (χ4n) is 2.82. The van der Waals surface area contributed by atoms with Crippen LogP contribution in [-0.4, -0.2) is 41.9 Å². The van der Waals surface area contributed by atoms with Crippen molar-refractivity contribution in [2.45, 2.75) is 19.0 Å². The molecule has 22 heavy (non-hydrogen) atoms. The average Bonchev–Trinajstić information content (AvgIpc) is 2.55. The van der Waals surface area contributed by atoms with Gasteiger partial charge in [-0.25, -0.2) is 0 Å². The van der Waals surface area contributed by atoms with Crippen molar-refractivity contribution < 1.29 is 4.79 Å². The van der Waals surface area contributed by atoms with Crippen LogP contribution in [0.4, 0.5) is 0 Å². The second-order valence-electron chi connectivity index (χ2n) is 5.86. The summed E-state index contributed by atoms with van der Waals surface area (Å²) >= 11 is 1.93. The minimum absolute atomic E-state index is 0.216. The molecule has 0 aromatic heterocycles. The molecule has 1 saturated heterocycles. The number of hydrogen-bond acceptors (Lipinski definition) is 3. The zero-order valence-electron chi connectivity index (χ0n) is 12.9. The third-order valence-corrected chi connectivity index (χ3v) is 5.21. The van der Waals surface area contributed by atoms with Crippen LogP contribution in [0.1, 0.15) is 12.0 Å². The summed E-state index contributed by atoms with van der Waals surface area (Å²) in [5.74, 6) is 2.40. The lowest BCUT2D eigenvalue weighted by atomic mass is 10.1. The molecule has 1 aliphatic heterocycles. The van der Waals surface area contributed by atoms with Crippen LogP contribution in [0.25, 0.3) is 10.8 Å². The minimum atomic E-state index is 0.216. The lowest BCUT2D eigenvalue weighted by Crippen LogP contribution is -2.41. The van der Waals surface area contributed by atoms with E-state index in [0.717, 1.165) is 18.1 Å². The third-order valence-electron chi connectivity index (χ3n) is 4.08. The molecule has 3 nitrogen and oxygen atoms in total. The number of amides is 1. The van der Waals surface area contributed by atoms with E-state index in [1.807, 2.05) is 35.8 Å². The molecular formula is C18H22N2OS. The van der Waals surface area contributed by atoms with E-state index in [1.54, 1.807) is 0 Å². The zero-order chi connectivity index (χ0) is 15.4. The molecule has 3 rings (SSSR count). The van der Waals surface area contributed by atoms with Crippen molar-refractivity contribution in [3.63, 3.8) is 0 Å². The second-order valence-corrected chi connectivity index (χ2v) is 7.01. The maximum atomic E-state index is 12.4. The largest absolute Gasteiger partial charge is 0.341 e. The Morgan fingerprint density at radius 3 is 2.86 bits per heavy atom. The number of benzene rings is 2. The third kappa shape index (κ3) is 3.81. The Kier molecular flexibility index (Phi) is 5.01. The number of hydrogen-bond donors (Lipinski definition) is 1. The van der Waals surface area contributed by atoms with E-state index in [0.29, 0.717) is 19.0 Å². The molecule has 0 bridgehead atoms. The predicted molar refractivity (Wildman–Crippen MR) is 94.2 cm³/mol. The molecule has 1 aliphatic rings. The van der Waals surface area contributed by atoms with Gasteiger partial charge in [0.05, 0.1) is 0 Å². The number of rotatable bonds is 4. The van der Waals surface area contributed by atoms with Crippen LogP contribution in [0.3, 0.4) is 0 Å². The lowest BCUT2D eigenvalue weighted by molar-refractivity contribution is -0.130. The Morgan fingerprint density at radius 1 is 1.27 bits per heavy atom. The maximum Gasteiger partial charge on any atom is 0.224 e. The lowest BCUT2D eigenvalue weighted by Gasteiger charge is -2.25. The Hall–Kier alpha value is -1.52. The summed E-state index contributed by atoms with van der Waals surface area (Å²) in [5.41, 5.74) is 1.18. The first-order valence-corrected chi connectivity index (χ1v) is 8.90. The molecule has 1 amide bonds. The van der Waals surface area contributed by atoms with Gasteiger partial charge in [0, 0.05) is 44.1 Å². The molecule has 2 aromatic rings. The van der Waals surface area contributed by atoms with Crippen molar-refractivity contribution in [3.8, 4) is 0 Å². The van der Waals surface area contributed by atoms with Crippen molar-refractivity contribution in [3.05, 3.63) is 48.0 Å². The van der Waals surface area contributed by atoms with Gasteiger partial charge in [-0.2, -0.15) is 11.8 Å². The highest BCUT2D eigenvalue weighted by Crippen LogP contribution is 2.17. The first-order chi connectivity index (χ1) is 10.7. The average molecular weight is 314 g/mol. The van der Waals surface area contributed by atoms with Gasteiger partial charge in [0.15, 0.2) is 0 Å². The maximum absolute atomic E-state index is 12.4. The van der Waals surface area contributed by atoms with Gasteiger partial charge < -0.3 is 10.2 Å². The molecule has 0 spiro atoms. The minimum Gasteiger partial charge on any atom is -0.341 e. The zero-order valence-corrected chi connectivity index (χ0v) is 13.7. The topological polar surface area (TPSA) is 32.3 Å². The molecule has 4 heteroatoms. The Morgan fingerprint density at radius 2 is 2.09 bits per heavy atom. The smallest absolute Gasteiger partial charge is 0.224 e. The highest BCUT2D eigenvalue weighted by molar-refractivity contribution is 7.99. The Labute approximate surface area is 136 Å². The molecule has 1 unspecified atom stereocenters. The van der Waals surface area contributed by atoms with Crippen LogP contribution in [0, 0.1) is 0 Å². The number of nitrogens with one attached hydrogen (secondary N) is 1. The first-order valence-electron chi connectivity index (χ1n) is 7.75. The standard InChI is InChI=1S/C18H22N2OS/c1-20(18(21)11-17-13-22-9-8-19-17)12-14-6-7-15-4-2-3-5-16(15)10-14/h2-7,10,17,19H,8-9,11-13H2,1H3. The van der Waals surface area contributed by atoms with Gasteiger partial charge in [-0.3, -0.25) is 4.79 Å². The van der Waals surface area contributed by atoms with Crippen LogP contribution in [0.5, 0.6) is 0 Å². The van der Waals surface area contributed by atoms with Crippen LogP contribution in [0.15, 0.2) is 42.5 Å². The van der Waals surface area contributed by atoms with E-state index >= 15 is 0 Å².